The lowest BCUT2D eigenvalue weighted by Crippen LogP contribution is -2.42. The van der Waals surface area contributed by atoms with Gasteiger partial charge in [-0.05, 0) is 31.5 Å². The number of nitrogens with zero attached hydrogens (tertiary/aromatic N) is 5. The topological polar surface area (TPSA) is 111 Å². The number of hydrogen-bond donors (Lipinski definition) is 2. The minimum absolute atomic E-state index is 0.0594. The van der Waals surface area contributed by atoms with Crippen molar-refractivity contribution in [2.45, 2.75) is 55.6 Å². The number of halogens is 3. The van der Waals surface area contributed by atoms with Crippen LogP contribution < -0.4 is 0 Å². The molecule has 0 saturated carbocycles. The molecule has 43 heavy (non-hydrogen) atoms. The summed E-state index contributed by atoms with van der Waals surface area (Å²) >= 11 is 1.12. The van der Waals surface area contributed by atoms with Crippen LogP contribution in [0.5, 0.6) is 0 Å². The van der Waals surface area contributed by atoms with Gasteiger partial charge in [0, 0.05) is 79.7 Å². The Morgan fingerprint density at radius 3 is 2.60 bits per heavy atom. The van der Waals surface area contributed by atoms with Crippen molar-refractivity contribution in [2.24, 2.45) is 0 Å². The van der Waals surface area contributed by atoms with E-state index in [1.165, 1.54) is 16.4 Å². The molecule has 2 N–H and O–H groups in total. The maximum Gasteiger partial charge on any atom is 0.417 e. The van der Waals surface area contributed by atoms with Crippen molar-refractivity contribution in [3.63, 3.8) is 0 Å². The molecule has 2 fully saturated rings. The fourth-order valence-corrected chi connectivity index (χ4v) is 7.92. The maximum atomic E-state index is 14.0. The zero-order valence-corrected chi connectivity index (χ0v) is 25.9. The Hall–Kier alpha value is -1.72. The number of alkyl halides is 3. The van der Waals surface area contributed by atoms with Crippen molar-refractivity contribution in [1.82, 2.24) is 23.9 Å². The molecular weight excluding hydrogens is 607 g/mol. The van der Waals surface area contributed by atoms with Crippen molar-refractivity contribution in [2.75, 3.05) is 71.0 Å². The first-order chi connectivity index (χ1) is 20.4. The Morgan fingerprint density at radius 2 is 1.91 bits per heavy atom. The normalized spacial score (nSPS) is 22.0. The number of fused-ring (bicyclic) bond motifs is 1. The van der Waals surface area contributed by atoms with Gasteiger partial charge in [0.15, 0.2) is 0 Å². The van der Waals surface area contributed by atoms with Gasteiger partial charge < -0.3 is 14.9 Å². The zero-order chi connectivity index (χ0) is 30.8. The maximum absolute atomic E-state index is 14.0. The zero-order valence-electron chi connectivity index (χ0n) is 24.3. The van der Waals surface area contributed by atoms with Gasteiger partial charge >= 0.3 is 6.18 Å². The Labute approximate surface area is 254 Å². The van der Waals surface area contributed by atoms with E-state index in [4.69, 9.17) is 9.84 Å². The number of likely N-dealkylation sites (tertiary alicyclic amines) is 1. The van der Waals surface area contributed by atoms with Crippen LogP contribution in [0.25, 0.3) is 11.3 Å². The predicted molar refractivity (Wildman–Crippen MR) is 157 cm³/mol. The molecule has 2 saturated heterocycles. The number of rotatable bonds is 10. The highest BCUT2D eigenvalue weighted by atomic mass is 32.2. The van der Waals surface area contributed by atoms with E-state index in [-0.39, 0.29) is 24.5 Å². The second-order valence-corrected chi connectivity index (χ2v) is 14.6. The second kappa shape index (κ2) is 13.7. The fourth-order valence-electron chi connectivity index (χ4n) is 6.01. The summed E-state index contributed by atoms with van der Waals surface area (Å²) in [7, 11) is -3.51. The van der Waals surface area contributed by atoms with Crippen LogP contribution in [0.3, 0.4) is 0 Å². The number of β-amino-alcohol motifs (C(OH)–C–C–N with tert-alkyl or cyclic N) is 2. The molecule has 3 aliphatic heterocycles. The van der Waals surface area contributed by atoms with Crippen molar-refractivity contribution < 1.29 is 36.5 Å². The Bertz CT molecular complexity index is 1370. The van der Waals surface area contributed by atoms with Gasteiger partial charge in [-0.1, -0.05) is 6.07 Å². The molecule has 0 spiro atoms. The van der Waals surface area contributed by atoms with Crippen LogP contribution in [-0.4, -0.2) is 126 Å². The van der Waals surface area contributed by atoms with Gasteiger partial charge in [-0.15, -0.1) is 11.8 Å². The van der Waals surface area contributed by atoms with Crippen LogP contribution in [0, 0.1) is 0 Å². The van der Waals surface area contributed by atoms with E-state index in [1.54, 1.807) is 4.68 Å². The van der Waals surface area contributed by atoms with Gasteiger partial charge in [-0.2, -0.15) is 22.6 Å². The monoisotopic (exact) mass is 647 g/mol. The lowest BCUT2D eigenvalue weighted by molar-refractivity contribution is -0.139. The summed E-state index contributed by atoms with van der Waals surface area (Å²) in [5.41, 5.74) is 1.60. The molecule has 5 rings (SSSR count). The van der Waals surface area contributed by atoms with Gasteiger partial charge in [0.1, 0.15) is 0 Å². The summed E-state index contributed by atoms with van der Waals surface area (Å²) in [6.07, 6.45) is -2.58. The molecule has 0 unspecified atom stereocenters. The standard InChI is InChI=1S/C28H40F3N5O5S2/c1-43(39,40)35-8-6-25-23(19-35)27(32-36(25)18-22(38)17-34-9-12-41-13-10-34)20-4-5-24(28(29,30)31)26(15-20)42-14-11-33-7-2-3-21(37)16-33/h4-5,15,21-22,37-38H,2-3,6-14,16-19H2,1H3/t21-,22-/m0/s1. The van der Waals surface area contributed by atoms with Crippen LogP contribution >= 0.6 is 11.8 Å². The molecule has 4 heterocycles. The third-order valence-corrected chi connectivity index (χ3v) is 10.5. The minimum atomic E-state index is -4.54. The van der Waals surface area contributed by atoms with Crippen LogP contribution in [0.1, 0.15) is 29.7 Å². The van der Waals surface area contributed by atoms with Gasteiger partial charge in [0.2, 0.25) is 10.0 Å². The molecule has 0 bridgehead atoms. The average Bonchev–Trinajstić information content (AvgIpc) is 3.30. The van der Waals surface area contributed by atoms with E-state index in [0.717, 1.165) is 49.2 Å². The first-order valence-electron chi connectivity index (χ1n) is 14.6. The lowest BCUT2D eigenvalue weighted by Gasteiger charge is -2.29. The molecular formula is C28H40F3N5O5S2. The van der Waals surface area contributed by atoms with Crippen LogP contribution in [0.2, 0.25) is 0 Å². The quantitative estimate of drug-likeness (QED) is 0.375. The van der Waals surface area contributed by atoms with E-state index in [9.17, 15) is 31.8 Å². The number of benzene rings is 1. The highest BCUT2D eigenvalue weighted by Gasteiger charge is 2.35. The third-order valence-electron chi connectivity index (χ3n) is 8.23. The fraction of sp³-hybridized carbons (Fsp3) is 0.679. The summed E-state index contributed by atoms with van der Waals surface area (Å²) in [4.78, 5) is 4.26. The SMILES string of the molecule is CS(=O)(=O)N1CCc2c(c(-c3ccc(C(F)(F)F)c(SCCN4CCC[C@H](O)C4)c3)nn2C[C@@H](O)CN2CCOCC2)C1. The molecule has 0 radical (unpaired) electrons. The highest BCUT2D eigenvalue weighted by molar-refractivity contribution is 7.99. The number of ether oxygens (including phenoxy) is 1. The van der Waals surface area contributed by atoms with Crippen molar-refractivity contribution in [3.8, 4) is 11.3 Å². The summed E-state index contributed by atoms with van der Waals surface area (Å²) in [6, 6.07) is 3.96. The molecule has 0 aliphatic carbocycles. The lowest BCUT2D eigenvalue weighted by atomic mass is 10.0. The summed E-state index contributed by atoms with van der Waals surface area (Å²) < 4.78 is 75.3. The van der Waals surface area contributed by atoms with Crippen molar-refractivity contribution in [3.05, 3.63) is 35.0 Å². The van der Waals surface area contributed by atoms with Crippen LogP contribution in [0.4, 0.5) is 13.2 Å². The van der Waals surface area contributed by atoms with E-state index in [2.05, 4.69) is 9.80 Å². The molecule has 0 amide bonds. The Morgan fingerprint density at radius 1 is 1.14 bits per heavy atom. The number of thioether (sulfide) groups is 1. The first-order valence-corrected chi connectivity index (χ1v) is 17.5. The largest absolute Gasteiger partial charge is 0.417 e. The highest BCUT2D eigenvalue weighted by Crippen LogP contribution is 2.40. The number of hydrogen-bond acceptors (Lipinski definition) is 9. The van der Waals surface area contributed by atoms with E-state index >= 15 is 0 Å². The summed E-state index contributed by atoms with van der Waals surface area (Å²) in [6.45, 7) is 5.44. The minimum Gasteiger partial charge on any atom is -0.392 e. The predicted octanol–water partition coefficient (Wildman–Crippen LogP) is 2.13. The molecule has 240 valence electrons. The number of aromatic nitrogens is 2. The molecule has 2 atom stereocenters. The molecule has 1 aromatic carbocycles. The third kappa shape index (κ3) is 8.31. The van der Waals surface area contributed by atoms with Gasteiger partial charge in [0.25, 0.3) is 0 Å². The van der Waals surface area contributed by atoms with Crippen molar-refractivity contribution in [1.29, 1.82) is 0 Å². The average molecular weight is 648 g/mol. The molecule has 1 aromatic heterocycles. The summed E-state index contributed by atoms with van der Waals surface area (Å²) in [5, 5.41) is 25.6. The molecule has 2 aromatic rings. The number of aliphatic hydroxyl groups excluding tert-OH is 2. The number of morpholine rings is 1. The van der Waals surface area contributed by atoms with Crippen LogP contribution in [-0.2, 0) is 40.4 Å². The van der Waals surface area contributed by atoms with Crippen LogP contribution in [0.15, 0.2) is 23.1 Å². The van der Waals surface area contributed by atoms with E-state index in [1.807, 2.05) is 0 Å². The molecule has 10 nitrogen and oxygen atoms in total. The number of sulfonamides is 1. The van der Waals surface area contributed by atoms with Gasteiger partial charge in [-0.25, -0.2) is 8.42 Å². The number of piperidine rings is 1. The smallest absolute Gasteiger partial charge is 0.392 e. The van der Waals surface area contributed by atoms with E-state index < -0.39 is 34.0 Å². The first kappa shape index (κ1) is 32.7. The molecule has 3 aliphatic rings. The van der Waals surface area contributed by atoms with Gasteiger partial charge in [0.05, 0.1) is 49.5 Å². The van der Waals surface area contributed by atoms with E-state index in [0.29, 0.717) is 74.9 Å². The van der Waals surface area contributed by atoms with Crippen molar-refractivity contribution >= 4 is 21.8 Å². The Kier molecular flexibility index (Phi) is 10.4. The number of aliphatic hydroxyl groups is 2. The molecule has 15 heteroatoms. The second-order valence-electron chi connectivity index (χ2n) is 11.5. The Balaban J connectivity index is 1.43. The summed E-state index contributed by atoms with van der Waals surface area (Å²) in [5.74, 6) is 0.418. The van der Waals surface area contributed by atoms with Gasteiger partial charge in [-0.3, -0.25) is 14.5 Å².